The highest BCUT2D eigenvalue weighted by Gasteiger charge is 2.44. The molecule has 1 aliphatic rings. The van der Waals surface area contributed by atoms with E-state index in [2.05, 4.69) is 43.1 Å². The molecule has 7 nitrogen and oxygen atoms in total. The van der Waals surface area contributed by atoms with E-state index < -0.39 is 11.0 Å². The molecule has 31 heavy (non-hydrogen) atoms. The Hall–Kier alpha value is -2.44. The summed E-state index contributed by atoms with van der Waals surface area (Å²) in [5.74, 6) is 2.02. The quantitative estimate of drug-likeness (QED) is 0.656. The summed E-state index contributed by atoms with van der Waals surface area (Å²) in [7, 11) is 0. The van der Waals surface area contributed by atoms with Crippen molar-refractivity contribution in [1.82, 2.24) is 19.7 Å². The molecule has 1 aliphatic carbocycles. The first-order chi connectivity index (χ1) is 14.4. The number of carbonyl (C=O) groups is 1. The number of nitrogens with zero attached hydrogens (tertiary/aromatic N) is 4. The summed E-state index contributed by atoms with van der Waals surface area (Å²) in [5.41, 5.74) is -0.406. The standard InChI is InChI=1S/C24H37N5O2/c1-17-8-11-24(12-9-17,21(30)31-23(5,6)7)14-18-15-25-16-19(27-18)28-20-10-13-26-29(20)22(2,3)4/h10,13,15-17H,8-9,11-12,14H2,1-7H3,(H,27,28)/t17-,24+. The average molecular weight is 428 g/mol. The smallest absolute Gasteiger partial charge is 0.312 e. The number of anilines is 2. The maximum Gasteiger partial charge on any atom is 0.312 e. The predicted molar refractivity (Wildman–Crippen MR) is 122 cm³/mol. The van der Waals surface area contributed by atoms with Crippen molar-refractivity contribution in [3.8, 4) is 0 Å². The predicted octanol–water partition coefficient (Wildman–Crippen LogP) is 5.25. The van der Waals surface area contributed by atoms with E-state index >= 15 is 0 Å². The van der Waals surface area contributed by atoms with Crippen LogP contribution < -0.4 is 5.32 Å². The number of rotatable bonds is 5. The SMILES string of the molecule is CC(C)(C)OC(=O)[C@]1(Cc2cncc(Nc3ccnn3C(C)(C)C)n2)CC[C@H](C)CC1. The Morgan fingerprint density at radius 3 is 2.48 bits per heavy atom. The summed E-state index contributed by atoms with van der Waals surface area (Å²) in [4.78, 5) is 22.4. The first-order valence-corrected chi connectivity index (χ1v) is 11.2. The summed E-state index contributed by atoms with van der Waals surface area (Å²) < 4.78 is 7.77. The number of hydrogen-bond donors (Lipinski definition) is 1. The molecule has 0 bridgehead atoms. The van der Waals surface area contributed by atoms with Crippen LogP contribution in [0.15, 0.2) is 24.7 Å². The summed E-state index contributed by atoms with van der Waals surface area (Å²) in [5, 5.41) is 7.75. The molecule has 3 rings (SSSR count). The van der Waals surface area contributed by atoms with E-state index in [4.69, 9.17) is 9.72 Å². The van der Waals surface area contributed by atoms with Crippen molar-refractivity contribution in [2.24, 2.45) is 11.3 Å². The van der Waals surface area contributed by atoms with Crippen molar-refractivity contribution in [2.75, 3.05) is 5.32 Å². The van der Waals surface area contributed by atoms with E-state index in [1.807, 2.05) is 31.5 Å². The first kappa shape index (κ1) is 23.2. The lowest BCUT2D eigenvalue weighted by atomic mass is 9.68. The zero-order valence-electron chi connectivity index (χ0n) is 20.0. The molecule has 0 aliphatic heterocycles. The highest BCUT2D eigenvalue weighted by atomic mass is 16.6. The molecule has 170 valence electrons. The second-order valence-electron chi connectivity index (χ2n) is 11.0. The number of aromatic nitrogens is 4. The van der Waals surface area contributed by atoms with Crippen LogP contribution in [0.4, 0.5) is 11.6 Å². The Bertz CT molecular complexity index is 899. The zero-order chi connectivity index (χ0) is 22.9. The molecular weight excluding hydrogens is 390 g/mol. The Morgan fingerprint density at radius 2 is 1.87 bits per heavy atom. The first-order valence-electron chi connectivity index (χ1n) is 11.2. The summed E-state index contributed by atoms with van der Waals surface area (Å²) in [6, 6.07) is 1.92. The monoisotopic (exact) mass is 427 g/mol. The zero-order valence-corrected chi connectivity index (χ0v) is 20.0. The van der Waals surface area contributed by atoms with Crippen LogP contribution in [0.25, 0.3) is 0 Å². The number of carbonyl (C=O) groups excluding carboxylic acids is 1. The van der Waals surface area contributed by atoms with Crippen LogP contribution in [0.2, 0.25) is 0 Å². The van der Waals surface area contributed by atoms with E-state index in [0.717, 1.165) is 37.2 Å². The van der Waals surface area contributed by atoms with Gasteiger partial charge < -0.3 is 10.1 Å². The maximum absolute atomic E-state index is 13.2. The van der Waals surface area contributed by atoms with Gasteiger partial charge in [0.2, 0.25) is 0 Å². The summed E-state index contributed by atoms with van der Waals surface area (Å²) >= 11 is 0. The van der Waals surface area contributed by atoms with Gasteiger partial charge in [-0.05, 0) is 73.1 Å². The van der Waals surface area contributed by atoms with Gasteiger partial charge in [-0.3, -0.25) is 9.78 Å². The van der Waals surface area contributed by atoms with E-state index in [9.17, 15) is 4.79 Å². The molecule has 0 saturated heterocycles. The molecule has 7 heteroatoms. The van der Waals surface area contributed by atoms with Crippen LogP contribution in [0.5, 0.6) is 0 Å². The molecule has 1 saturated carbocycles. The van der Waals surface area contributed by atoms with E-state index in [0.29, 0.717) is 18.2 Å². The molecule has 0 spiro atoms. The highest BCUT2D eigenvalue weighted by Crippen LogP contribution is 2.43. The van der Waals surface area contributed by atoms with Crippen LogP contribution in [-0.2, 0) is 21.5 Å². The Kier molecular flexibility index (Phi) is 6.44. The molecular formula is C24H37N5O2. The fourth-order valence-corrected chi connectivity index (χ4v) is 4.12. The van der Waals surface area contributed by atoms with Gasteiger partial charge in [-0.1, -0.05) is 6.92 Å². The van der Waals surface area contributed by atoms with Crippen LogP contribution in [0, 0.1) is 11.3 Å². The number of ether oxygens (including phenoxy) is 1. The number of nitrogens with one attached hydrogen (secondary N) is 1. The minimum Gasteiger partial charge on any atom is -0.460 e. The van der Waals surface area contributed by atoms with Crippen molar-refractivity contribution >= 4 is 17.6 Å². The van der Waals surface area contributed by atoms with Gasteiger partial charge in [-0.25, -0.2) is 9.67 Å². The second-order valence-corrected chi connectivity index (χ2v) is 11.0. The van der Waals surface area contributed by atoms with Gasteiger partial charge in [0.05, 0.1) is 29.0 Å². The molecule has 2 heterocycles. The average Bonchev–Trinajstić information content (AvgIpc) is 3.11. The molecule has 1 fully saturated rings. The van der Waals surface area contributed by atoms with E-state index in [-0.39, 0.29) is 11.5 Å². The van der Waals surface area contributed by atoms with Crippen molar-refractivity contribution in [1.29, 1.82) is 0 Å². The highest BCUT2D eigenvalue weighted by molar-refractivity contribution is 5.77. The van der Waals surface area contributed by atoms with Gasteiger partial charge >= 0.3 is 5.97 Å². The Labute approximate surface area is 186 Å². The Morgan fingerprint density at radius 1 is 1.19 bits per heavy atom. The molecule has 0 aromatic carbocycles. The third-order valence-corrected chi connectivity index (χ3v) is 5.80. The molecule has 0 amide bonds. The fourth-order valence-electron chi connectivity index (χ4n) is 4.12. The van der Waals surface area contributed by atoms with Crippen LogP contribution in [-0.4, -0.2) is 31.3 Å². The molecule has 2 aromatic rings. The largest absolute Gasteiger partial charge is 0.460 e. The van der Waals surface area contributed by atoms with Gasteiger partial charge in [-0.2, -0.15) is 5.10 Å². The normalized spacial score (nSPS) is 22.2. The van der Waals surface area contributed by atoms with Gasteiger partial charge in [0.15, 0.2) is 0 Å². The maximum atomic E-state index is 13.2. The van der Waals surface area contributed by atoms with Gasteiger partial charge in [-0.15, -0.1) is 0 Å². The Balaban J connectivity index is 1.83. The number of hydrogen-bond acceptors (Lipinski definition) is 6. The molecule has 0 unspecified atom stereocenters. The van der Waals surface area contributed by atoms with Crippen molar-refractivity contribution < 1.29 is 9.53 Å². The molecule has 0 atom stereocenters. The van der Waals surface area contributed by atoms with E-state index in [1.54, 1.807) is 18.6 Å². The third-order valence-electron chi connectivity index (χ3n) is 5.80. The second kappa shape index (κ2) is 8.60. The minimum absolute atomic E-state index is 0.113. The molecule has 2 aromatic heterocycles. The topological polar surface area (TPSA) is 81.9 Å². The summed E-state index contributed by atoms with van der Waals surface area (Å²) in [6.45, 7) is 14.3. The van der Waals surface area contributed by atoms with Crippen LogP contribution in [0.1, 0.15) is 79.8 Å². The number of esters is 1. The lowest BCUT2D eigenvalue weighted by Gasteiger charge is -2.39. The van der Waals surface area contributed by atoms with Crippen molar-refractivity contribution in [3.05, 3.63) is 30.4 Å². The van der Waals surface area contributed by atoms with Crippen LogP contribution >= 0.6 is 0 Å². The molecule has 0 radical (unpaired) electrons. The van der Waals surface area contributed by atoms with Gasteiger partial charge in [0, 0.05) is 18.7 Å². The van der Waals surface area contributed by atoms with Crippen molar-refractivity contribution in [3.63, 3.8) is 0 Å². The minimum atomic E-state index is -0.541. The summed E-state index contributed by atoms with van der Waals surface area (Å²) in [6.07, 6.45) is 9.45. The fraction of sp³-hybridized carbons (Fsp3) is 0.667. The lowest BCUT2D eigenvalue weighted by Crippen LogP contribution is -2.42. The van der Waals surface area contributed by atoms with Crippen molar-refractivity contribution in [2.45, 2.75) is 91.7 Å². The van der Waals surface area contributed by atoms with Gasteiger partial charge in [0.25, 0.3) is 0 Å². The van der Waals surface area contributed by atoms with E-state index in [1.165, 1.54) is 0 Å². The molecule has 1 N–H and O–H groups in total. The lowest BCUT2D eigenvalue weighted by molar-refractivity contribution is -0.170. The van der Waals surface area contributed by atoms with Crippen LogP contribution in [0.3, 0.4) is 0 Å². The van der Waals surface area contributed by atoms with Gasteiger partial charge in [0.1, 0.15) is 17.2 Å². The third kappa shape index (κ3) is 5.83.